The number of ether oxygens (including phenoxy) is 1. The third kappa shape index (κ3) is 6.27. The van der Waals surface area contributed by atoms with Gasteiger partial charge in [-0.1, -0.05) is 30.3 Å². The highest BCUT2D eigenvalue weighted by atomic mass is 16.5. The Hall–Kier alpha value is -1.39. The lowest BCUT2D eigenvalue weighted by atomic mass is 9.97. The first-order valence-electron chi connectivity index (χ1n) is 7.96. The second-order valence-corrected chi connectivity index (χ2v) is 5.52. The molecule has 4 nitrogen and oxygen atoms in total. The van der Waals surface area contributed by atoms with Crippen LogP contribution in [0.5, 0.6) is 0 Å². The maximum Gasteiger partial charge on any atom is 0.223 e. The Kier molecular flexibility index (Phi) is 7.25. The summed E-state index contributed by atoms with van der Waals surface area (Å²) in [5, 5.41) is 6.29. The molecular formula is C17H26N2O2. The lowest BCUT2D eigenvalue weighted by Gasteiger charge is -2.21. The molecule has 1 aliphatic rings. The molecule has 0 saturated carbocycles. The summed E-state index contributed by atoms with van der Waals surface area (Å²) in [5.74, 6) is 0.408. The van der Waals surface area contributed by atoms with Crippen molar-refractivity contribution in [3.63, 3.8) is 0 Å². The first-order chi connectivity index (χ1) is 10.4. The quantitative estimate of drug-likeness (QED) is 0.717. The topological polar surface area (TPSA) is 50.4 Å². The predicted octanol–water partition coefficient (Wildman–Crippen LogP) is 1.75. The van der Waals surface area contributed by atoms with Gasteiger partial charge in [-0.3, -0.25) is 4.79 Å². The van der Waals surface area contributed by atoms with E-state index in [1.165, 1.54) is 5.56 Å². The van der Waals surface area contributed by atoms with Gasteiger partial charge < -0.3 is 15.4 Å². The molecule has 4 heteroatoms. The molecule has 2 N–H and O–H groups in total. The highest BCUT2D eigenvalue weighted by Crippen LogP contribution is 2.11. The average molecular weight is 290 g/mol. The van der Waals surface area contributed by atoms with Gasteiger partial charge in [0.1, 0.15) is 0 Å². The van der Waals surface area contributed by atoms with Gasteiger partial charge in [0.2, 0.25) is 5.91 Å². The summed E-state index contributed by atoms with van der Waals surface area (Å²) in [7, 11) is 0. The van der Waals surface area contributed by atoms with Crippen molar-refractivity contribution in [2.45, 2.75) is 25.7 Å². The molecule has 2 rings (SSSR count). The van der Waals surface area contributed by atoms with Crippen LogP contribution in [-0.4, -0.2) is 38.8 Å². The van der Waals surface area contributed by atoms with Crippen molar-refractivity contribution in [3.8, 4) is 0 Å². The molecular weight excluding hydrogens is 264 g/mol. The molecule has 0 bridgehead atoms. The Morgan fingerprint density at radius 3 is 2.71 bits per heavy atom. The van der Waals surface area contributed by atoms with Crippen LogP contribution in [0.3, 0.4) is 0 Å². The molecule has 0 radical (unpaired) electrons. The minimum atomic E-state index is 0.199. The summed E-state index contributed by atoms with van der Waals surface area (Å²) in [6.07, 6.45) is 3.74. The molecule has 1 fully saturated rings. The Labute approximate surface area is 127 Å². The summed E-state index contributed by atoms with van der Waals surface area (Å²) < 4.78 is 5.60. The monoisotopic (exact) mass is 290 g/mol. The minimum Gasteiger partial charge on any atom is -0.381 e. The molecule has 1 aliphatic heterocycles. The van der Waals surface area contributed by atoms with E-state index in [0.717, 1.165) is 45.4 Å². The van der Waals surface area contributed by atoms with Crippen LogP contribution in [-0.2, 0) is 16.0 Å². The van der Waals surface area contributed by atoms with Crippen LogP contribution in [0.1, 0.15) is 24.8 Å². The largest absolute Gasteiger partial charge is 0.381 e. The van der Waals surface area contributed by atoms with E-state index in [4.69, 9.17) is 4.74 Å². The van der Waals surface area contributed by atoms with Gasteiger partial charge >= 0.3 is 0 Å². The van der Waals surface area contributed by atoms with Crippen molar-refractivity contribution in [1.82, 2.24) is 10.6 Å². The number of nitrogens with one attached hydrogen (secondary N) is 2. The molecule has 1 saturated heterocycles. The maximum absolute atomic E-state index is 11.9. The normalized spacial score (nSPS) is 15.8. The van der Waals surface area contributed by atoms with Crippen molar-refractivity contribution >= 4 is 5.91 Å². The van der Waals surface area contributed by atoms with Crippen LogP contribution in [0.15, 0.2) is 30.3 Å². The van der Waals surface area contributed by atoms with E-state index in [-0.39, 0.29) is 11.8 Å². The molecule has 0 aromatic heterocycles. The van der Waals surface area contributed by atoms with E-state index in [2.05, 4.69) is 22.8 Å². The Morgan fingerprint density at radius 2 is 1.95 bits per heavy atom. The number of rotatable bonds is 8. The highest BCUT2D eigenvalue weighted by molar-refractivity contribution is 5.78. The molecule has 0 unspecified atom stereocenters. The zero-order valence-corrected chi connectivity index (χ0v) is 12.6. The standard InChI is InChI=1S/C17H26N2O2/c20-17(16-7-11-18-12-8-16)19-10-4-13-21-14-9-15-5-2-1-3-6-15/h1-3,5-6,16,18H,4,7-14H2,(H,19,20). The van der Waals surface area contributed by atoms with Gasteiger partial charge in [0.05, 0.1) is 6.61 Å². The smallest absolute Gasteiger partial charge is 0.223 e. The van der Waals surface area contributed by atoms with Gasteiger partial charge in [-0.25, -0.2) is 0 Å². The fourth-order valence-electron chi connectivity index (χ4n) is 2.55. The van der Waals surface area contributed by atoms with Crippen molar-refractivity contribution in [1.29, 1.82) is 0 Å². The van der Waals surface area contributed by atoms with Crippen LogP contribution >= 0.6 is 0 Å². The molecule has 1 aromatic carbocycles. The van der Waals surface area contributed by atoms with E-state index in [1.807, 2.05) is 18.2 Å². The highest BCUT2D eigenvalue weighted by Gasteiger charge is 2.19. The van der Waals surface area contributed by atoms with Gasteiger partial charge in [-0.15, -0.1) is 0 Å². The summed E-state index contributed by atoms with van der Waals surface area (Å²) in [6, 6.07) is 10.3. The third-order valence-corrected chi connectivity index (χ3v) is 3.85. The van der Waals surface area contributed by atoms with E-state index in [1.54, 1.807) is 0 Å². The molecule has 0 spiro atoms. The fourth-order valence-corrected chi connectivity index (χ4v) is 2.55. The molecule has 1 amide bonds. The molecule has 1 aromatic rings. The third-order valence-electron chi connectivity index (χ3n) is 3.85. The lowest BCUT2D eigenvalue weighted by molar-refractivity contribution is -0.125. The van der Waals surface area contributed by atoms with Crippen molar-refractivity contribution in [3.05, 3.63) is 35.9 Å². The van der Waals surface area contributed by atoms with Gasteiger partial charge in [-0.2, -0.15) is 0 Å². The second-order valence-electron chi connectivity index (χ2n) is 5.52. The molecule has 0 atom stereocenters. The summed E-state index contributed by atoms with van der Waals surface area (Å²) >= 11 is 0. The Balaban J connectivity index is 1.45. The SMILES string of the molecule is O=C(NCCCOCCc1ccccc1)C1CCNCC1. The van der Waals surface area contributed by atoms with E-state index >= 15 is 0 Å². The van der Waals surface area contributed by atoms with Crippen LogP contribution in [0.2, 0.25) is 0 Å². The van der Waals surface area contributed by atoms with Crippen molar-refractivity contribution in [2.24, 2.45) is 5.92 Å². The average Bonchev–Trinajstić information content (AvgIpc) is 2.55. The lowest BCUT2D eigenvalue weighted by Crippen LogP contribution is -2.38. The summed E-state index contributed by atoms with van der Waals surface area (Å²) in [5.41, 5.74) is 1.30. The minimum absolute atomic E-state index is 0.199. The number of carbonyl (C=O) groups is 1. The van der Waals surface area contributed by atoms with Crippen molar-refractivity contribution in [2.75, 3.05) is 32.8 Å². The van der Waals surface area contributed by atoms with E-state index in [0.29, 0.717) is 13.2 Å². The van der Waals surface area contributed by atoms with Gasteiger partial charge in [0, 0.05) is 19.1 Å². The Morgan fingerprint density at radius 1 is 1.19 bits per heavy atom. The second kappa shape index (κ2) is 9.53. The maximum atomic E-state index is 11.9. The van der Waals surface area contributed by atoms with Crippen molar-refractivity contribution < 1.29 is 9.53 Å². The van der Waals surface area contributed by atoms with Gasteiger partial charge in [0.15, 0.2) is 0 Å². The van der Waals surface area contributed by atoms with Gasteiger partial charge in [-0.05, 0) is 44.3 Å². The fraction of sp³-hybridized carbons (Fsp3) is 0.588. The number of hydrogen-bond acceptors (Lipinski definition) is 3. The van der Waals surface area contributed by atoms with E-state index in [9.17, 15) is 4.79 Å². The van der Waals surface area contributed by atoms with Crippen LogP contribution in [0.4, 0.5) is 0 Å². The number of piperidine rings is 1. The number of hydrogen-bond donors (Lipinski definition) is 2. The summed E-state index contributed by atoms with van der Waals surface area (Å²) in [6.45, 7) is 4.08. The molecule has 21 heavy (non-hydrogen) atoms. The van der Waals surface area contributed by atoms with Gasteiger partial charge in [0.25, 0.3) is 0 Å². The first kappa shape index (κ1) is 16.0. The van der Waals surface area contributed by atoms with Crippen LogP contribution < -0.4 is 10.6 Å². The predicted molar refractivity (Wildman–Crippen MR) is 84.2 cm³/mol. The molecule has 0 aliphatic carbocycles. The molecule has 116 valence electrons. The first-order valence-corrected chi connectivity index (χ1v) is 7.96. The van der Waals surface area contributed by atoms with Crippen LogP contribution in [0, 0.1) is 5.92 Å². The zero-order chi connectivity index (χ0) is 14.8. The number of carbonyl (C=O) groups excluding carboxylic acids is 1. The molecule has 1 heterocycles. The van der Waals surface area contributed by atoms with Crippen LogP contribution in [0.25, 0.3) is 0 Å². The number of amides is 1. The zero-order valence-electron chi connectivity index (χ0n) is 12.6. The Bertz CT molecular complexity index is 403. The van der Waals surface area contributed by atoms with E-state index < -0.39 is 0 Å². The number of benzene rings is 1. The summed E-state index contributed by atoms with van der Waals surface area (Å²) in [4.78, 5) is 11.9.